The molecule has 0 spiro atoms. The van der Waals surface area contributed by atoms with Crippen LogP contribution in [0, 0.1) is 0 Å². The van der Waals surface area contributed by atoms with Crippen molar-refractivity contribution in [3.8, 4) is 5.75 Å². The van der Waals surface area contributed by atoms with Gasteiger partial charge in [0.2, 0.25) is 5.95 Å². The summed E-state index contributed by atoms with van der Waals surface area (Å²) >= 11 is 0. The molecule has 1 N–H and O–H groups in total. The van der Waals surface area contributed by atoms with E-state index in [1.807, 2.05) is 6.92 Å². The van der Waals surface area contributed by atoms with Crippen LogP contribution in [0.2, 0.25) is 0 Å². The first-order valence-corrected chi connectivity index (χ1v) is 9.89. The van der Waals surface area contributed by atoms with E-state index in [9.17, 15) is 8.42 Å². The fraction of sp³-hybridized carbons (Fsp3) is 0.412. The normalized spacial score (nSPS) is 15.0. The summed E-state index contributed by atoms with van der Waals surface area (Å²) < 4.78 is 32.7. The molecule has 0 atom stereocenters. The van der Waals surface area contributed by atoms with E-state index >= 15 is 0 Å². The number of hydrogen-bond acceptors (Lipinski definition) is 6. The average Bonchev–Trinajstić information content (AvgIpc) is 2.63. The molecule has 25 heavy (non-hydrogen) atoms. The van der Waals surface area contributed by atoms with Gasteiger partial charge in [0.25, 0.3) is 10.0 Å². The monoisotopic (exact) mass is 362 g/mol. The van der Waals surface area contributed by atoms with Gasteiger partial charge in [-0.3, -0.25) is 4.72 Å². The van der Waals surface area contributed by atoms with Crippen LogP contribution >= 0.6 is 0 Å². The van der Waals surface area contributed by atoms with E-state index in [1.54, 1.807) is 12.1 Å². The SMILES string of the molecule is CCOc1ccc(S(=O)(=O)Nc2cnc(N3CCCCC3)nc2)cc1. The molecule has 0 radical (unpaired) electrons. The third kappa shape index (κ3) is 4.39. The second-order valence-corrected chi connectivity index (χ2v) is 7.51. The quantitative estimate of drug-likeness (QED) is 0.850. The fourth-order valence-corrected chi connectivity index (χ4v) is 3.75. The van der Waals surface area contributed by atoms with Crippen LogP contribution in [0.1, 0.15) is 26.2 Å². The molecule has 0 bridgehead atoms. The van der Waals surface area contributed by atoms with Crippen molar-refractivity contribution in [1.29, 1.82) is 0 Å². The molecule has 1 aromatic heterocycles. The van der Waals surface area contributed by atoms with Gasteiger partial charge >= 0.3 is 0 Å². The minimum absolute atomic E-state index is 0.163. The Morgan fingerprint density at radius 1 is 1.08 bits per heavy atom. The predicted molar refractivity (Wildman–Crippen MR) is 96.5 cm³/mol. The number of nitrogens with one attached hydrogen (secondary N) is 1. The number of anilines is 2. The van der Waals surface area contributed by atoms with E-state index in [4.69, 9.17) is 4.74 Å². The number of rotatable bonds is 6. The van der Waals surface area contributed by atoms with Gasteiger partial charge in [0.1, 0.15) is 5.75 Å². The first-order chi connectivity index (χ1) is 12.1. The van der Waals surface area contributed by atoms with Crippen molar-refractivity contribution in [3.63, 3.8) is 0 Å². The Kier molecular flexibility index (Phi) is 5.37. The van der Waals surface area contributed by atoms with Crippen LogP contribution in [0.25, 0.3) is 0 Å². The lowest BCUT2D eigenvalue weighted by atomic mass is 10.1. The summed E-state index contributed by atoms with van der Waals surface area (Å²) in [4.78, 5) is 10.9. The molecule has 0 amide bonds. The highest BCUT2D eigenvalue weighted by atomic mass is 32.2. The van der Waals surface area contributed by atoms with Gasteiger partial charge in [0, 0.05) is 13.1 Å². The van der Waals surface area contributed by atoms with Crippen LogP contribution in [0.5, 0.6) is 5.75 Å². The first-order valence-electron chi connectivity index (χ1n) is 8.41. The zero-order valence-corrected chi connectivity index (χ0v) is 15.0. The summed E-state index contributed by atoms with van der Waals surface area (Å²) in [7, 11) is -3.68. The van der Waals surface area contributed by atoms with Crippen LogP contribution in [-0.2, 0) is 10.0 Å². The maximum Gasteiger partial charge on any atom is 0.261 e. The molecule has 2 heterocycles. The maximum absolute atomic E-state index is 12.4. The van der Waals surface area contributed by atoms with Crippen molar-refractivity contribution < 1.29 is 13.2 Å². The summed E-state index contributed by atoms with van der Waals surface area (Å²) in [6.45, 7) is 4.29. The van der Waals surface area contributed by atoms with Crippen molar-refractivity contribution >= 4 is 21.7 Å². The average molecular weight is 362 g/mol. The van der Waals surface area contributed by atoms with Gasteiger partial charge in [0.15, 0.2) is 0 Å². The van der Waals surface area contributed by atoms with E-state index in [1.165, 1.54) is 30.9 Å². The summed E-state index contributed by atoms with van der Waals surface area (Å²) in [5, 5.41) is 0. The molecule has 0 aliphatic carbocycles. The van der Waals surface area contributed by atoms with Gasteiger partial charge in [-0.2, -0.15) is 0 Å². The molecule has 1 aromatic carbocycles. The molecule has 1 saturated heterocycles. The fourth-order valence-electron chi connectivity index (χ4n) is 2.73. The first kappa shape index (κ1) is 17.5. The Balaban J connectivity index is 1.69. The van der Waals surface area contributed by atoms with Gasteiger partial charge in [-0.05, 0) is 50.5 Å². The largest absolute Gasteiger partial charge is 0.494 e. The summed E-state index contributed by atoms with van der Waals surface area (Å²) in [5.41, 5.74) is 0.342. The minimum Gasteiger partial charge on any atom is -0.494 e. The van der Waals surface area contributed by atoms with Gasteiger partial charge < -0.3 is 9.64 Å². The van der Waals surface area contributed by atoms with Crippen molar-refractivity contribution in [2.24, 2.45) is 0 Å². The van der Waals surface area contributed by atoms with E-state index in [0.717, 1.165) is 25.9 Å². The number of benzene rings is 1. The smallest absolute Gasteiger partial charge is 0.261 e. The number of sulfonamides is 1. The Hall–Kier alpha value is -2.35. The van der Waals surface area contributed by atoms with Crippen LogP contribution in [0.4, 0.5) is 11.6 Å². The molecule has 2 aromatic rings. The van der Waals surface area contributed by atoms with Crippen molar-refractivity contribution in [2.45, 2.75) is 31.1 Å². The van der Waals surface area contributed by atoms with Gasteiger partial charge in [-0.25, -0.2) is 18.4 Å². The van der Waals surface area contributed by atoms with Crippen molar-refractivity contribution in [2.75, 3.05) is 29.3 Å². The summed E-state index contributed by atoms with van der Waals surface area (Å²) in [6, 6.07) is 6.29. The molecule has 3 rings (SSSR count). The zero-order chi connectivity index (χ0) is 17.7. The van der Waals surface area contributed by atoms with Crippen LogP contribution in [-0.4, -0.2) is 38.1 Å². The minimum atomic E-state index is -3.68. The van der Waals surface area contributed by atoms with Crippen LogP contribution in [0.3, 0.4) is 0 Å². The maximum atomic E-state index is 12.4. The Bertz CT molecular complexity index is 786. The molecule has 1 aliphatic rings. The second kappa shape index (κ2) is 7.69. The van der Waals surface area contributed by atoms with Crippen molar-refractivity contribution in [3.05, 3.63) is 36.7 Å². The molecule has 0 unspecified atom stereocenters. The molecular weight excluding hydrogens is 340 g/mol. The number of ether oxygens (including phenoxy) is 1. The molecule has 8 heteroatoms. The predicted octanol–water partition coefficient (Wildman–Crippen LogP) is 2.67. The van der Waals surface area contributed by atoms with Gasteiger partial charge in [0.05, 0.1) is 29.6 Å². The third-order valence-corrected chi connectivity index (χ3v) is 5.37. The van der Waals surface area contributed by atoms with Crippen LogP contribution in [0.15, 0.2) is 41.6 Å². The number of hydrogen-bond donors (Lipinski definition) is 1. The molecule has 1 fully saturated rings. The Morgan fingerprint density at radius 2 is 1.72 bits per heavy atom. The second-order valence-electron chi connectivity index (χ2n) is 5.83. The number of piperidine rings is 1. The summed E-state index contributed by atoms with van der Waals surface area (Å²) in [6.07, 6.45) is 6.51. The highest BCUT2D eigenvalue weighted by Crippen LogP contribution is 2.20. The van der Waals surface area contributed by atoms with E-state index in [2.05, 4.69) is 19.6 Å². The lowest BCUT2D eigenvalue weighted by Gasteiger charge is -2.26. The highest BCUT2D eigenvalue weighted by molar-refractivity contribution is 7.92. The van der Waals surface area contributed by atoms with E-state index in [0.29, 0.717) is 24.0 Å². The van der Waals surface area contributed by atoms with Gasteiger partial charge in [-0.1, -0.05) is 0 Å². The standard InChI is InChI=1S/C17H22N4O3S/c1-2-24-15-6-8-16(9-7-15)25(22,23)20-14-12-18-17(19-13-14)21-10-4-3-5-11-21/h6-9,12-13,20H,2-5,10-11H2,1H3. The zero-order valence-electron chi connectivity index (χ0n) is 14.2. The molecule has 1 aliphatic heterocycles. The topological polar surface area (TPSA) is 84.4 Å². The summed E-state index contributed by atoms with van der Waals surface area (Å²) in [5.74, 6) is 1.28. The lowest BCUT2D eigenvalue weighted by Crippen LogP contribution is -2.30. The highest BCUT2D eigenvalue weighted by Gasteiger charge is 2.16. The van der Waals surface area contributed by atoms with Crippen LogP contribution < -0.4 is 14.4 Å². The lowest BCUT2D eigenvalue weighted by molar-refractivity contribution is 0.340. The molecule has 7 nitrogen and oxygen atoms in total. The Morgan fingerprint density at radius 3 is 2.32 bits per heavy atom. The molecule has 0 saturated carbocycles. The molecular formula is C17H22N4O3S. The number of nitrogens with zero attached hydrogens (tertiary/aromatic N) is 3. The molecule has 134 valence electrons. The van der Waals surface area contributed by atoms with Crippen molar-refractivity contribution in [1.82, 2.24) is 9.97 Å². The Labute approximate surface area is 148 Å². The number of aromatic nitrogens is 2. The van der Waals surface area contributed by atoms with Gasteiger partial charge in [-0.15, -0.1) is 0 Å². The van der Waals surface area contributed by atoms with E-state index in [-0.39, 0.29) is 4.90 Å². The van der Waals surface area contributed by atoms with E-state index < -0.39 is 10.0 Å². The third-order valence-electron chi connectivity index (χ3n) is 3.97.